The molecule has 1 amide bonds. The average Bonchev–Trinajstić information content (AvgIpc) is 2.72. The molecule has 1 aliphatic heterocycles. The molecule has 26 heavy (non-hydrogen) atoms. The van der Waals surface area contributed by atoms with Crippen molar-refractivity contribution in [2.75, 3.05) is 11.4 Å². The highest BCUT2D eigenvalue weighted by molar-refractivity contribution is 5.98. The van der Waals surface area contributed by atoms with E-state index in [2.05, 4.69) is 44.5 Å². The van der Waals surface area contributed by atoms with E-state index in [9.17, 15) is 4.79 Å². The van der Waals surface area contributed by atoms with Crippen LogP contribution in [-0.4, -0.2) is 22.4 Å². The van der Waals surface area contributed by atoms with Crippen LogP contribution >= 0.6 is 0 Å². The summed E-state index contributed by atoms with van der Waals surface area (Å²) < 4.78 is 0. The fraction of sp³-hybridized carbons (Fsp3) is 0.190. The lowest BCUT2D eigenvalue weighted by molar-refractivity contribution is 0.0950. The Hall–Kier alpha value is -3.21. The highest BCUT2D eigenvalue weighted by Crippen LogP contribution is 2.25. The van der Waals surface area contributed by atoms with Crippen LogP contribution in [0.15, 0.2) is 67.0 Å². The number of hydrogen-bond donors (Lipinski definition) is 1. The van der Waals surface area contributed by atoms with Crippen molar-refractivity contribution < 1.29 is 4.79 Å². The Labute approximate surface area is 152 Å². The first kappa shape index (κ1) is 16.3. The first-order chi connectivity index (χ1) is 12.8. The number of pyridine rings is 2. The molecule has 1 aromatic carbocycles. The quantitative estimate of drug-likeness (QED) is 0.790. The van der Waals surface area contributed by atoms with Crippen molar-refractivity contribution in [2.24, 2.45) is 0 Å². The van der Waals surface area contributed by atoms with Gasteiger partial charge in [-0.3, -0.25) is 9.78 Å². The molecule has 0 bridgehead atoms. The van der Waals surface area contributed by atoms with E-state index in [1.54, 1.807) is 18.5 Å². The lowest BCUT2D eigenvalue weighted by Crippen LogP contribution is -2.34. The normalized spacial score (nSPS) is 13.2. The third-order valence-electron chi connectivity index (χ3n) is 4.62. The molecular formula is C21H20N4O. The number of carbonyl (C=O) groups is 1. The van der Waals surface area contributed by atoms with Crippen LogP contribution in [0.2, 0.25) is 0 Å². The molecule has 5 heteroatoms. The summed E-state index contributed by atoms with van der Waals surface area (Å²) in [5.74, 6) is 0.609. The van der Waals surface area contributed by atoms with Crippen molar-refractivity contribution in [3.8, 4) is 0 Å². The predicted molar refractivity (Wildman–Crippen MR) is 101 cm³/mol. The zero-order valence-corrected chi connectivity index (χ0v) is 14.4. The van der Waals surface area contributed by atoms with E-state index >= 15 is 0 Å². The summed E-state index contributed by atoms with van der Waals surface area (Å²) in [4.78, 5) is 23.6. The molecule has 0 radical (unpaired) electrons. The fourth-order valence-electron chi connectivity index (χ4n) is 3.27. The first-order valence-corrected chi connectivity index (χ1v) is 8.76. The van der Waals surface area contributed by atoms with Crippen LogP contribution in [0.4, 0.5) is 5.82 Å². The van der Waals surface area contributed by atoms with Gasteiger partial charge in [-0.15, -0.1) is 0 Å². The minimum Gasteiger partial charge on any atom is -0.351 e. The lowest BCUT2D eigenvalue weighted by atomic mass is 9.99. The molecule has 1 aliphatic rings. The van der Waals surface area contributed by atoms with Crippen LogP contribution in [-0.2, 0) is 19.5 Å². The SMILES string of the molecule is O=C(NCc1ccccn1)c1cccnc1N1CCc2ccccc2C1. The van der Waals surface area contributed by atoms with Crippen LogP contribution in [0.1, 0.15) is 27.2 Å². The Morgan fingerprint density at radius 1 is 0.962 bits per heavy atom. The van der Waals surface area contributed by atoms with Gasteiger partial charge in [0.25, 0.3) is 5.91 Å². The van der Waals surface area contributed by atoms with Crippen molar-refractivity contribution in [1.29, 1.82) is 0 Å². The van der Waals surface area contributed by atoms with E-state index in [4.69, 9.17) is 0 Å². The summed E-state index contributed by atoms with van der Waals surface area (Å²) in [6, 6.07) is 17.7. The zero-order chi connectivity index (χ0) is 17.8. The third kappa shape index (κ3) is 3.42. The van der Waals surface area contributed by atoms with E-state index in [0.29, 0.717) is 12.1 Å². The second-order valence-electron chi connectivity index (χ2n) is 6.32. The number of amides is 1. The van der Waals surface area contributed by atoms with Gasteiger partial charge in [-0.05, 0) is 41.8 Å². The number of nitrogens with zero attached hydrogens (tertiary/aromatic N) is 3. The van der Waals surface area contributed by atoms with Gasteiger partial charge < -0.3 is 10.2 Å². The van der Waals surface area contributed by atoms with E-state index in [-0.39, 0.29) is 5.91 Å². The molecule has 5 nitrogen and oxygen atoms in total. The molecule has 0 saturated carbocycles. The minimum absolute atomic E-state index is 0.127. The van der Waals surface area contributed by atoms with Crippen molar-refractivity contribution in [3.63, 3.8) is 0 Å². The van der Waals surface area contributed by atoms with Crippen molar-refractivity contribution in [1.82, 2.24) is 15.3 Å². The highest BCUT2D eigenvalue weighted by atomic mass is 16.1. The van der Waals surface area contributed by atoms with E-state index in [1.807, 2.05) is 24.3 Å². The van der Waals surface area contributed by atoms with Crippen LogP contribution in [0.3, 0.4) is 0 Å². The largest absolute Gasteiger partial charge is 0.351 e. The maximum absolute atomic E-state index is 12.7. The number of aromatic nitrogens is 2. The maximum atomic E-state index is 12.7. The molecule has 3 aromatic rings. The molecule has 0 aliphatic carbocycles. The summed E-state index contributed by atoms with van der Waals surface area (Å²) in [5, 5.41) is 2.95. The Kier molecular flexibility index (Phi) is 4.60. The molecule has 0 saturated heterocycles. The van der Waals surface area contributed by atoms with Gasteiger partial charge in [-0.2, -0.15) is 0 Å². The molecule has 4 rings (SSSR count). The summed E-state index contributed by atoms with van der Waals surface area (Å²) >= 11 is 0. The van der Waals surface area contributed by atoms with Gasteiger partial charge in [0.2, 0.25) is 0 Å². The first-order valence-electron chi connectivity index (χ1n) is 8.76. The number of rotatable bonds is 4. The average molecular weight is 344 g/mol. The Balaban J connectivity index is 1.53. The number of fused-ring (bicyclic) bond motifs is 1. The summed E-state index contributed by atoms with van der Waals surface area (Å²) in [6.45, 7) is 2.03. The van der Waals surface area contributed by atoms with Crippen LogP contribution in [0.25, 0.3) is 0 Å². The van der Waals surface area contributed by atoms with Gasteiger partial charge in [-0.25, -0.2) is 4.98 Å². The molecule has 130 valence electrons. The number of carbonyl (C=O) groups excluding carboxylic acids is 1. The zero-order valence-electron chi connectivity index (χ0n) is 14.4. The standard InChI is InChI=1S/C21H20N4O/c26-21(24-14-18-8-3-4-11-22-18)19-9-5-12-23-20(19)25-13-10-16-6-1-2-7-17(16)15-25/h1-9,11-12H,10,13-15H2,(H,24,26). The van der Waals surface area contributed by atoms with Crippen molar-refractivity contribution in [2.45, 2.75) is 19.5 Å². The van der Waals surface area contributed by atoms with Crippen LogP contribution < -0.4 is 10.2 Å². The van der Waals surface area contributed by atoms with Gasteiger partial charge >= 0.3 is 0 Å². The van der Waals surface area contributed by atoms with Gasteiger partial charge in [0.1, 0.15) is 5.82 Å². The number of nitrogens with one attached hydrogen (secondary N) is 1. The second-order valence-corrected chi connectivity index (χ2v) is 6.32. The minimum atomic E-state index is -0.127. The van der Waals surface area contributed by atoms with Gasteiger partial charge in [0.15, 0.2) is 0 Å². The summed E-state index contributed by atoms with van der Waals surface area (Å²) in [5.41, 5.74) is 4.10. The van der Waals surface area contributed by atoms with E-state index < -0.39 is 0 Å². The van der Waals surface area contributed by atoms with Crippen molar-refractivity contribution >= 4 is 11.7 Å². The molecular weight excluding hydrogens is 324 g/mol. The molecule has 0 spiro atoms. The number of benzene rings is 1. The van der Waals surface area contributed by atoms with Gasteiger partial charge in [0.05, 0.1) is 17.8 Å². The monoisotopic (exact) mass is 344 g/mol. The Morgan fingerprint density at radius 2 is 1.77 bits per heavy atom. The summed E-state index contributed by atoms with van der Waals surface area (Å²) in [7, 11) is 0. The Morgan fingerprint density at radius 3 is 2.62 bits per heavy atom. The smallest absolute Gasteiger partial charge is 0.255 e. The van der Waals surface area contributed by atoms with Crippen molar-refractivity contribution in [3.05, 3.63) is 89.4 Å². The molecule has 0 fully saturated rings. The van der Waals surface area contributed by atoms with Gasteiger partial charge in [-0.1, -0.05) is 30.3 Å². The topological polar surface area (TPSA) is 58.1 Å². The van der Waals surface area contributed by atoms with Gasteiger partial charge in [0, 0.05) is 25.5 Å². The molecule has 1 N–H and O–H groups in total. The Bertz CT molecular complexity index is 911. The van der Waals surface area contributed by atoms with Crippen LogP contribution in [0, 0.1) is 0 Å². The fourth-order valence-corrected chi connectivity index (χ4v) is 3.27. The predicted octanol–water partition coefficient (Wildman–Crippen LogP) is 2.97. The molecule has 2 aromatic heterocycles. The molecule has 3 heterocycles. The van der Waals surface area contributed by atoms with Crippen LogP contribution in [0.5, 0.6) is 0 Å². The lowest BCUT2D eigenvalue weighted by Gasteiger charge is -2.30. The molecule has 0 unspecified atom stereocenters. The third-order valence-corrected chi connectivity index (χ3v) is 4.62. The maximum Gasteiger partial charge on any atom is 0.255 e. The van der Waals surface area contributed by atoms with E-state index in [0.717, 1.165) is 31.0 Å². The highest BCUT2D eigenvalue weighted by Gasteiger charge is 2.22. The number of anilines is 1. The molecule has 0 atom stereocenters. The van der Waals surface area contributed by atoms with E-state index in [1.165, 1.54) is 11.1 Å². The second kappa shape index (κ2) is 7.35. The summed E-state index contributed by atoms with van der Waals surface area (Å²) in [6.07, 6.45) is 4.43. The number of hydrogen-bond acceptors (Lipinski definition) is 4.